The molecule has 4 heteroatoms. The normalized spacial score (nSPS) is 10.5. The van der Waals surface area contributed by atoms with E-state index in [2.05, 4.69) is 15.8 Å². The van der Waals surface area contributed by atoms with Gasteiger partial charge in [0, 0.05) is 0 Å². The van der Waals surface area contributed by atoms with Crippen molar-refractivity contribution in [2.45, 2.75) is 5.82 Å². The summed E-state index contributed by atoms with van der Waals surface area (Å²) in [4.78, 5) is 8.61. The van der Waals surface area contributed by atoms with Gasteiger partial charge >= 0.3 is 82.2 Å². The van der Waals surface area contributed by atoms with Crippen molar-refractivity contribution >= 4 is 36.4 Å². The molecule has 0 fully saturated rings. The minimum atomic E-state index is 0.304. The van der Waals surface area contributed by atoms with E-state index in [0.29, 0.717) is 20.8 Å². The Morgan fingerprint density at radius 3 is 2.77 bits per heavy atom. The summed E-state index contributed by atoms with van der Waals surface area (Å²) in [6, 6.07) is 7.81. The van der Waals surface area contributed by atoms with Gasteiger partial charge in [0.1, 0.15) is 0 Å². The van der Waals surface area contributed by atoms with Crippen LogP contribution in [0.2, 0.25) is 5.82 Å². The predicted molar refractivity (Wildman–Crippen MR) is 55.2 cm³/mol. The van der Waals surface area contributed by atoms with Gasteiger partial charge in [-0.2, -0.15) is 0 Å². The molecule has 1 heterocycles. The average molecular weight is 238 g/mol. The Bertz CT molecular complexity index is 442. The molecule has 13 heavy (non-hydrogen) atoms. The molecule has 0 saturated carbocycles. The first-order chi connectivity index (χ1) is 6.31. The van der Waals surface area contributed by atoms with Gasteiger partial charge in [-0.3, -0.25) is 0 Å². The number of aromatic nitrogens is 2. The second-order valence-electron chi connectivity index (χ2n) is 2.61. The molecule has 3 nitrogen and oxygen atoms in total. The molecule has 2 N–H and O–H groups in total. The number of para-hydroxylation sites is 1. The monoisotopic (exact) mass is 239 g/mol. The van der Waals surface area contributed by atoms with Gasteiger partial charge in [-0.05, 0) is 0 Å². The molecule has 0 radical (unpaired) electrons. The van der Waals surface area contributed by atoms with Gasteiger partial charge in [0.2, 0.25) is 0 Å². The van der Waals surface area contributed by atoms with Crippen LogP contribution in [0.25, 0.3) is 10.9 Å². The fourth-order valence-corrected chi connectivity index (χ4v) is 1.97. The summed E-state index contributed by atoms with van der Waals surface area (Å²) in [6.45, 7) is 0. The first-order valence-corrected chi connectivity index (χ1v) is 6.44. The van der Waals surface area contributed by atoms with Crippen LogP contribution in [0.4, 0.5) is 5.82 Å². The molecule has 0 unspecified atom stereocenters. The molecule has 0 aliphatic carbocycles. The molecule has 2 aromatic rings. The van der Waals surface area contributed by atoms with Crippen molar-refractivity contribution < 1.29 is 0 Å². The summed E-state index contributed by atoms with van der Waals surface area (Å²) in [5, 5.41) is 0.940. The second kappa shape index (κ2) is 3.32. The second-order valence-corrected chi connectivity index (χ2v) is 4.24. The van der Waals surface area contributed by atoms with Gasteiger partial charge in [0.25, 0.3) is 0 Å². The molecular weight excluding hydrogens is 229 g/mol. The van der Waals surface area contributed by atoms with Crippen molar-refractivity contribution in [3.8, 4) is 0 Å². The van der Waals surface area contributed by atoms with E-state index in [1.807, 2.05) is 24.3 Å². The number of fused-ring (bicyclic) bond motifs is 1. The number of nitrogen functional groups attached to an aromatic ring is 1. The number of benzene rings is 1. The van der Waals surface area contributed by atoms with Crippen molar-refractivity contribution in [1.29, 1.82) is 0 Å². The Labute approximate surface area is 82.5 Å². The fraction of sp³-hybridized carbons (Fsp3) is 0.111. The Morgan fingerprint density at radius 1 is 1.23 bits per heavy atom. The van der Waals surface area contributed by atoms with Crippen molar-refractivity contribution in [3.63, 3.8) is 0 Å². The summed E-state index contributed by atoms with van der Waals surface area (Å²) >= 11 is 0.304. The van der Waals surface area contributed by atoms with Crippen LogP contribution in [0.3, 0.4) is 0 Å². The van der Waals surface area contributed by atoms with E-state index in [-0.39, 0.29) is 0 Å². The number of anilines is 1. The molecule has 0 amide bonds. The van der Waals surface area contributed by atoms with Gasteiger partial charge in [-0.15, -0.1) is 0 Å². The summed E-state index contributed by atoms with van der Waals surface area (Å²) in [6.07, 6.45) is 0. The molecular formula is C9H9N3Se. The third-order valence-electron chi connectivity index (χ3n) is 1.79. The van der Waals surface area contributed by atoms with Crippen LogP contribution in [0, 0.1) is 0 Å². The van der Waals surface area contributed by atoms with E-state index in [9.17, 15) is 0 Å². The van der Waals surface area contributed by atoms with Gasteiger partial charge in [-0.1, -0.05) is 0 Å². The summed E-state index contributed by atoms with van der Waals surface area (Å²) in [5.41, 5.74) is 6.73. The van der Waals surface area contributed by atoms with Crippen molar-refractivity contribution in [2.24, 2.45) is 0 Å². The molecule has 0 spiro atoms. The first-order valence-electron chi connectivity index (χ1n) is 3.87. The maximum absolute atomic E-state index is 5.79. The van der Waals surface area contributed by atoms with Crippen LogP contribution in [0.1, 0.15) is 0 Å². The SMILES string of the molecule is C[Se]c1nc(N)c2ccccc2n1. The van der Waals surface area contributed by atoms with E-state index >= 15 is 0 Å². The molecule has 0 atom stereocenters. The van der Waals surface area contributed by atoms with E-state index in [0.717, 1.165) is 15.6 Å². The van der Waals surface area contributed by atoms with Gasteiger partial charge < -0.3 is 0 Å². The van der Waals surface area contributed by atoms with Gasteiger partial charge in [-0.25, -0.2) is 0 Å². The third-order valence-corrected chi connectivity index (χ3v) is 2.94. The Morgan fingerprint density at radius 2 is 2.00 bits per heavy atom. The Hall–Kier alpha value is -1.12. The zero-order valence-electron chi connectivity index (χ0n) is 7.19. The van der Waals surface area contributed by atoms with Crippen LogP contribution in [0.5, 0.6) is 0 Å². The van der Waals surface area contributed by atoms with E-state index in [1.54, 1.807) is 0 Å². The number of hydrogen-bond acceptors (Lipinski definition) is 3. The summed E-state index contributed by atoms with van der Waals surface area (Å²) in [7, 11) is 0. The fourth-order valence-electron chi connectivity index (χ4n) is 1.17. The van der Waals surface area contributed by atoms with E-state index in [4.69, 9.17) is 5.73 Å². The average Bonchev–Trinajstić information content (AvgIpc) is 2.18. The number of rotatable bonds is 1. The molecule has 66 valence electrons. The van der Waals surface area contributed by atoms with Crippen LogP contribution in [-0.4, -0.2) is 24.9 Å². The van der Waals surface area contributed by atoms with Gasteiger partial charge in [0.05, 0.1) is 0 Å². The topological polar surface area (TPSA) is 51.8 Å². The standard InChI is InChI=1S/C9H9N3Se/c1-13-9-11-7-5-3-2-4-6(7)8(10)12-9/h2-5H,1H3,(H2,10,11,12). The van der Waals surface area contributed by atoms with E-state index < -0.39 is 0 Å². The van der Waals surface area contributed by atoms with Crippen LogP contribution >= 0.6 is 0 Å². The summed E-state index contributed by atoms with van der Waals surface area (Å²) < 4.78 is 0.865. The van der Waals surface area contributed by atoms with Crippen LogP contribution in [-0.2, 0) is 0 Å². The van der Waals surface area contributed by atoms with Crippen LogP contribution < -0.4 is 10.5 Å². The molecule has 0 saturated heterocycles. The van der Waals surface area contributed by atoms with Crippen LogP contribution in [0.15, 0.2) is 24.3 Å². The van der Waals surface area contributed by atoms with Crippen molar-refractivity contribution in [1.82, 2.24) is 9.97 Å². The molecule has 0 aliphatic heterocycles. The van der Waals surface area contributed by atoms with Gasteiger partial charge in [0.15, 0.2) is 0 Å². The molecule has 0 aliphatic rings. The predicted octanol–water partition coefficient (Wildman–Crippen LogP) is 0.590. The van der Waals surface area contributed by atoms with E-state index in [1.165, 1.54) is 0 Å². The minimum absolute atomic E-state index is 0.304. The quantitative estimate of drug-likeness (QED) is 0.740. The summed E-state index contributed by atoms with van der Waals surface area (Å²) in [5.74, 6) is 2.67. The number of hydrogen-bond donors (Lipinski definition) is 1. The molecule has 1 aromatic carbocycles. The third kappa shape index (κ3) is 1.50. The van der Waals surface area contributed by atoms with Crippen molar-refractivity contribution in [2.75, 3.05) is 5.73 Å². The maximum atomic E-state index is 5.79. The Kier molecular flexibility index (Phi) is 2.17. The zero-order valence-corrected chi connectivity index (χ0v) is 8.90. The first kappa shape index (κ1) is 8.48. The Balaban J connectivity index is 2.77. The molecule has 2 rings (SSSR count). The molecule has 0 bridgehead atoms. The number of nitrogens with two attached hydrogens (primary N) is 1. The number of nitrogens with zero attached hydrogens (tertiary/aromatic N) is 2. The zero-order chi connectivity index (χ0) is 9.26. The molecule has 1 aromatic heterocycles. The van der Waals surface area contributed by atoms with Crippen molar-refractivity contribution in [3.05, 3.63) is 24.3 Å².